The lowest BCUT2D eigenvalue weighted by Gasteiger charge is -2.43. The lowest BCUT2D eigenvalue weighted by Crippen LogP contribution is -2.60. The minimum absolute atomic E-state index is 0.194. The fourth-order valence-electron chi connectivity index (χ4n) is 4.75. The molecule has 5 heterocycles. The molecule has 1 aliphatic carbocycles. The fraction of sp³-hybridized carbons (Fsp3) is 0.545. The quantitative estimate of drug-likeness (QED) is 0.624. The molecule has 10 heteroatoms. The van der Waals surface area contributed by atoms with E-state index < -0.39 is 0 Å². The molecule has 3 fully saturated rings. The Morgan fingerprint density at radius 3 is 2.91 bits per heavy atom. The molecule has 2 aliphatic heterocycles. The number of anilines is 2. The van der Waals surface area contributed by atoms with Gasteiger partial charge in [-0.3, -0.25) is 9.89 Å². The Hall–Kier alpha value is -3.14. The molecule has 0 aromatic carbocycles. The normalized spacial score (nSPS) is 22.1. The van der Waals surface area contributed by atoms with Crippen LogP contribution >= 0.6 is 0 Å². The maximum Gasteiger partial charge on any atom is 0.223 e. The molecular weight excluding hydrogens is 408 g/mol. The lowest BCUT2D eigenvalue weighted by atomic mass is 9.84. The van der Waals surface area contributed by atoms with Crippen molar-refractivity contribution >= 4 is 28.4 Å². The Kier molecular flexibility index (Phi) is 4.74. The van der Waals surface area contributed by atoms with Crippen molar-refractivity contribution in [3.63, 3.8) is 0 Å². The van der Waals surface area contributed by atoms with Crippen LogP contribution < -0.4 is 15.1 Å². The third kappa shape index (κ3) is 3.29. The number of nitrogens with zero attached hydrogens (tertiary/aromatic N) is 6. The first-order valence-corrected chi connectivity index (χ1v) is 11.5. The first kappa shape index (κ1) is 19.5. The third-order valence-electron chi connectivity index (χ3n) is 6.93. The highest BCUT2D eigenvalue weighted by Crippen LogP contribution is 2.35. The molecule has 3 aliphatic rings. The molecule has 2 N–H and O–H groups in total. The minimum Gasteiger partial charge on any atom is -0.377 e. The van der Waals surface area contributed by atoms with Crippen molar-refractivity contribution in [2.45, 2.75) is 38.3 Å². The number of ether oxygens (including phenoxy) is 1. The highest BCUT2D eigenvalue weighted by atomic mass is 16.5. The van der Waals surface area contributed by atoms with E-state index in [1.165, 1.54) is 6.42 Å². The summed E-state index contributed by atoms with van der Waals surface area (Å²) in [6.45, 7) is 5.94. The zero-order chi connectivity index (χ0) is 21.7. The highest BCUT2D eigenvalue weighted by Gasteiger charge is 2.34. The van der Waals surface area contributed by atoms with Gasteiger partial charge in [-0.2, -0.15) is 14.9 Å². The smallest absolute Gasteiger partial charge is 0.223 e. The molecule has 1 saturated carbocycles. The number of carbonyl (C=O) groups is 1. The predicted octanol–water partition coefficient (Wildman–Crippen LogP) is 1.47. The van der Waals surface area contributed by atoms with Crippen LogP contribution in [0.1, 0.15) is 26.2 Å². The molecule has 1 amide bonds. The van der Waals surface area contributed by atoms with Gasteiger partial charge in [0.15, 0.2) is 11.5 Å². The molecule has 0 unspecified atom stereocenters. The second-order valence-electron chi connectivity index (χ2n) is 9.09. The molecule has 3 aromatic heterocycles. The summed E-state index contributed by atoms with van der Waals surface area (Å²) in [5, 5.41) is 15.9. The van der Waals surface area contributed by atoms with Crippen LogP contribution in [0.4, 0.5) is 11.5 Å². The Morgan fingerprint density at radius 1 is 1.31 bits per heavy atom. The summed E-state index contributed by atoms with van der Waals surface area (Å²) in [4.78, 5) is 21.9. The minimum atomic E-state index is 0.194. The predicted molar refractivity (Wildman–Crippen MR) is 120 cm³/mol. The number of rotatable bonds is 5. The van der Waals surface area contributed by atoms with Crippen LogP contribution in [0.15, 0.2) is 24.5 Å². The molecule has 0 bridgehead atoms. The number of H-pyrrole nitrogens is 1. The number of amides is 1. The second kappa shape index (κ2) is 7.77. The Labute approximate surface area is 185 Å². The summed E-state index contributed by atoms with van der Waals surface area (Å²) in [6, 6.07) is 4.48. The zero-order valence-electron chi connectivity index (χ0n) is 18.2. The monoisotopic (exact) mass is 436 g/mol. The van der Waals surface area contributed by atoms with Crippen molar-refractivity contribution in [3.05, 3.63) is 24.5 Å². The lowest BCUT2D eigenvalue weighted by molar-refractivity contribution is -0.128. The second-order valence-corrected chi connectivity index (χ2v) is 9.09. The number of hydrogen-bond acceptors (Lipinski definition) is 7. The van der Waals surface area contributed by atoms with Gasteiger partial charge < -0.3 is 19.9 Å². The van der Waals surface area contributed by atoms with Gasteiger partial charge in [-0.25, -0.2) is 4.98 Å². The maximum atomic E-state index is 12.3. The SMILES string of the molecule is C[C@@H]1COCCN1c1cc(N2CC(NC(=O)C3CCC3)C2)c2cnn(-c3ccn[nH]3)c2n1. The summed E-state index contributed by atoms with van der Waals surface area (Å²) in [7, 11) is 0. The van der Waals surface area contributed by atoms with E-state index in [0.717, 1.165) is 60.8 Å². The van der Waals surface area contributed by atoms with E-state index in [2.05, 4.69) is 43.4 Å². The number of aromatic nitrogens is 5. The Bertz CT molecular complexity index is 1120. The van der Waals surface area contributed by atoms with E-state index in [4.69, 9.17) is 9.72 Å². The van der Waals surface area contributed by atoms with Crippen molar-refractivity contribution in [3.8, 4) is 5.82 Å². The van der Waals surface area contributed by atoms with Crippen LogP contribution in [0.2, 0.25) is 0 Å². The van der Waals surface area contributed by atoms with Crippen molar-refractivity contribution in [2.24, 2.45) is 5.92 Å². The average Bonchev–Trinajstić information content (AvgIpc) is 3.38. The number of pyridine rings is 1. The number of carbonyl (C=O) groups excluding carboxylic acids is 1. The van der Waals surface area contributed by atoms with Crippen molar-refractivity contribution < 1.29 is 9.53 Å². The first-order chi connectivity index (χ1) is 15.7. The van der Waals surface area contributed by atoms with Crippen LogP contribution in [0, 0.1) is 5.92 Å². The maximum absolute atomic E-state index is 12.3. The molecule has 0 spiro atoms. The van der Waals surface area contributed by atoms with E-state index in [0.29, 0.717) is 13.2 Å². The van der Waals surface area contributed by atoms with Crippen molar-refractivity contribution in [1.82, 2.24) is 30.3 Å². The van der Waals surface area contributed by atoms with Gasteiger partial charge in [0.05, 0.1) is 48.8 Å². The first-order valence-electron chi connectivity index (χ1n) is 11.5. The summed E-state index contributed by atoms with van der Waals surface area (Å²) >= 11 is 0. The molecule has 168 valence electrons. The Balaban J connectivity index is 1.32. The molecule has 6 rings (SSSR count). The van der Waals surface area contributed by atoms with Gasteiger partial charge >= 0.3 is 0 Å². The number of nitrogens with one attached hydrogen (secondary N) is 2. The van der Waals surface area contributed by atoms with E-state index in [1.807, 2.05) is 12.3 Å². The van der Waals surface area contributed by atoms with Gasteiger partial charge in [-0.15, -0.1) is 0 Å². The summed E-state index contributed by atoms with van der Waals surface area (Å²) in [5.74, 6) is 2.14. The third-order valence-corrected chi connectivity index (χ3v) is 6.93. The molecular formula is C22H28N8O2. The van der Waals surface area contributed by atoms with Crippen LogP contribution in [0.3, 0.4) is 0 Å². The highest BCUT2D eigenvalue weighted by molar-refractivity contribution is 5.93. The van der Waals surface area contributed by atoms with Gasteiger partial charge in [0.25, 0.3) is 0 Å². The molecule has 32 heavy (non-hydrogen) atoms. The summed E-state index contributed by atoms with van der Waals surface area (Å²) in [6.07, 6.45) is 6.81. The topological polar surface area (TPSA) is 104 Å². The molecule has 0 radical (unpaired) electrons. The van der Waals surface area contributed by atoms with E-state index >= 15 is 0 Å². The van der Waals surface area contributed by atoms with Crippen molar-refractivity contribution in [1.29, 1.82) is 0 Å². The molecule has 2 saturated heterocycles. The molecule has 3 aromatic rings. The van der Waals surface area contributed by atoms with Crippen LogP contribution in [-0.4, -0.2) is 75.8 Å². The zero-order valence-corrected chi connectivity index (χ0v) is 18.2. The fourth-order valence-corrected chi connectivity index (χ4v) is 4.75. The summed E-state index contributed by atoms with van der Waals surface area (Å²) in [5.41, 5.74) is 1.89. The average molecular weight is 437 g/mol. The number of morpholine rings is 1. The number of aromatic amines is 1. The largest absolute Gasteiger partial charge is 0.377 e. The van der Waals surface area contributed by atoms with Crippen LogP contribution in [0.25, 0.3) is 16.9 Å². The van der Waals surface area contributed by atoms with Crippen LogP contribution in [0.5, 0.6) is 0 Å². The van der Waals surface area contributed by atoms with E-state index in [9.17, 15) is 4.79 Å². The van der Waals surface area contributed by atoms with Crippen LogP contribution in [-0.2, 0) is 9.53 Å². The summed E-state index contributed by atoms with van der Waals surface area (Å²) < 4.78 is 7.43. The Morgan fingerprint density at radius 2 is 2.19 bits per heavy atom. The molecule has 10 nitrogen and oxygen atoms in total. The van der Waals surface area contributed by atoms with Gasteiger partial charge in [-0.1, -0.05) is 6.42 Å². The van der Waals surface area contributed by atoms with E-state index in [1.54, 1.807) is 10.9 Å². The van der Waals surface area contributed by atoms with Gasteiger partial charge in [0, 0.05) is 37.7 Å². The van der Waals surface area contributed by atoms with Gasteiger partial charge in [0.1, 0.15) is 5.82 Å². The standard InChI is InChI=1S/C22H28N8O2/c1-14-13-32-8-7-29(14)20-9-18(28-11-16(12-28)25-22(31)15-3-2-4-15)17-10-24-30(21(17)26-20)19-5-6-23-27-19/h5-6,9-10,14-16H,2-4,7-8,11-13H2,1H3,(H,23,27)(H,25,31)/t14-/m1/s1. The van der Waals surface area contributed by atoms with Crippen molar-refractivity contribution in [2.75, 3.05) is 42.6 Å². The number of hydrogen-bond donors (Lipinski definition) is 2. The van der Waals surface area contributed by atoms with E-state index in [-0.39, 0.29) is 23.9 Å². The molecule has 1 atom stereocenters. The van der Waals surface area contributed by atoms with Gasteiger partial charge in [0.2, 0.25) is 5.91 Å². The number of fused-ring (bicyclic) bond motifs is 1. The van der Waals surface area contributed by atoms with Gasteiger partial charge in [-0.05, 0) is 19.8 Å².